The molecule has 1 atom stereocenters. The van der Waals surface area contributed by atoms with E-state index in [0.717, 1.165) is 0 Å². The maximum atomic E-state index is 12.8. The number of amides is 1. The number of aryl methyl sites for hydroxylation is 1. The topological polar surface area (TPSA) is 100 Å². The summed E-state index contributed by atoms with van der Waals surface area (Å²) in [7, 11) is 0.826. The molecule has 1 aliphatic heterocycles. The molecule has 0 radical (unpaired) electrons. The number of carbonyl (C=O) groups is 1. The third-order valence-corrected chi connectivity index (χ3v) is 6.01. The lowest BCUT2D eigenvalue weighted by atomic mass is 10.2. The second-order valence-corrected chi connectivity index (χ2v) is 7.43. The van der Waals surface area contributed by atoms with E-state index >= 15 is 0 Å². The van der Waals surface area contributed by atoms with Crippen molar-refractivity contribution in [1.29, 1.82) is 0 Å². The zero-order valence-electron chi connectivity index (χ0n) is 11.9. The lowest BCUT2D eigenvalue weighted by molar-refractivity contribution is -0.133. The maximum absolute atomic E-state index is 12.8. The summed E-state index contributed by atoms with van der Waals surface area (Å²) in [5, 5.41) is 10.4. The van der Waals surface area contributed by atoms with Gasteiger partial charge < -0.3 is 10.2 Å². The van der Waals surface area contributed by atoms with E-state index in [-0.39, 0.29) is 28.6 Å². The summed E-state index contributed by atoms with van der Waals surface area (Å²) in [4.78, 5) is 13.6. The third-order valence-electron chi connectivity index (χ3n) is 3.21. The van der Waals surface area contributed by atoms with Gasteiger partial charge in [-0.15, -0.1) is 5.10 Å². The van der Waals surface area contributed by atoms with Gasteiger partial charge in [0.2, 0.25) is 10.9 Å². The molecule has 2 rings (SSSR count). The lowest BCUT2D eigenvalue weighted by Crippen LogP contribution is -2.59. The minimum Gasteiger partial charge on any atom is -0.347 e. The molecule has 1 amide bonds. The zero-order valence-corrected chi connectivity index (χ0v) is 14.3. The van der Waals surface area contributed by atoms with Crippen LogP contribution >= 0.6 is 15.9 Å². The van der Waals surface area contributed by atoms with Crippen LogP contribution in [0, 0.1) is 0 Å². The summed E-state index contributed by atoms with van der Waals surface area (Å²) in [6.45, 7) is 0.975. The number of carbonyl (C=O) groups excluding carboxylic acids is 1. The first-order valence-corrected chi connectivity index (χ1v) is 8.49. The van der Waals surface area contributed by atoms with Gasteiger partial charge in [0, 0.05) is 40.8 Å². The Hall–Kier alpha value is -1.04. The van der Waals surface area contributed by atoms with Gasteiger partial charge in [-0.05, 0) is 15.9 Å². The molecule has 9 nitrogen and oxygen atoms in total. The molecular weight excluding hydrogens is 364 g/mol. The summed E-state index contributed by atoms with van der Waals surface area (Å²) in [6, 6.07) is -0.777. The lowest BCUT2D eigenvalue weighted by Gasteiger charge is -2.35. The summed E-state index contributed by atoms with van der Waals surface area (Å²) >= 11 is 3.09. The Morgan fingerprint density at radius 1 is 1.48 bits per heavy atom. The van der Waals surface area contributed by atoms with E-state index < -0.39 is 16.1 Å². The highest BCUT2D eigenvalue weighted by molar-refractivity contribution is 9.10. The van der Waals surface area contributed by atoms with E-state index in [2.05, 4.69) is 31.6 Å². The normalized spacial score (nSPS) is 20.5. The maximum Gasteiger partial charge on any atom is 0.263 e. The van der Waals surface area contributed by atoms with Crippen LogP contribution in [-0.2, 0) is 21.9 Å². The Bertz CT molecular complexity index is 624. The third kappa shape index (κ3) is 2.96. The van der Waals surface area contributed by atoms with Gasteiger partial charge in [0.15, 0.2) is 4.60 Å². The zero-order chi connectivity index (χ0) is 15.8. The smallest absolute Gasteiger partial charge is 0.263 e. The van der Waals surface area contributed by atoms with Gasteiger partial charge in [-0.25, -0.2) is 13.1 Å². The highest BCUT2D eigenvalue weighted by atomic mass is 79.9. The number of nitrogens with zero attached hydrogens (tertiary/aromatic N) is 5. The molecule has 21 heavy (non-hydrogen) atoms. The average Bonchev–Trinajstić information content (AvgIpc) is 2.77. The van der Waals surface area contributed by atoms with Crippen molar-refractivity contribution in [2.24, 2.45) is 7.05 Å². The SMILES string of the molecule is CN(C)C(=O)C1CNCCN1S(=O)(=O)c1c(Br)nnn1C. The molecule has 1 aromatic heterocycles. The van der Waals surface area contributed by atoms with Crippen molar-refractivity contribution in [3.05, 3.63) is 4.60 Å². The van der Waals surface area contributed by atoms with Crippen LogP contribution in [0.4, 0.5) is 0 Å². The van der Waals surface area contributed by atoms with Crippen LogP contribution in [0.3, 0.4) is 0 Å². The molecule has 1 unspecified atom stereocenters. The first kappa shape index (κ1) is 16.3. The van der Waals surface area contributed by atoms with Crippen molar-refractivity contribution in [3.8, 4) is 0 Å². The van der Waals surface area contributed by atoms with Crippen molar-refractivity contribution in [3.63, 3.8) is 0 Å². The first-order valence-electron chi connectivity index (χ1n) is 6.25. The monoisotopic (exact) mass is 380 g/mol. The summed E-state index contributed by atoms with van der Waals surface area (Å²) in [5.41, 5.74) is 0. The molecule has 0 saturated carbocycles. The van der Waals surface area contributed by atoms with Crippen molar-refractivity contribution < 1.29 is 13.2 Å². The van der Waals surface area contributed by atoms with Crippen LogP contribution in [0.15, 0.2) is 9.63 Å². The van der Waals surface area contributed by atoms with Gasteiger partial charge in [0.05, 0.1) is 0 Å². The van der Waals surface area contributed by atoms with Crippen LogP contribution in [0.2, 0.25) is 0 Å². The quantitative estimate of drug-likeness (QED) is 0.694. The fraction of sp³-hybridized carbons (Fsp3) is 0.700. The van der Waals surface area contributed by atoms with E-state index in [4.69, 9.17) is 0 Å². The van der Waals surface area contributed by atoms with Crippen LogP contribution in [0.1, 0.15) is 0 Å². The van der Waals surface area contributed by atoms with Crippen molar-refractivity contribution >= 4 is 31.9 Å². The van der Waals surface area contributed by atoms with Crippen LogP contribution in [0.5, 0.6) is 0 Å². The molecule has 1 saturated heterocycles. The number of likely N-dealkylation sites (N-methyl/N-ethyl adjacent to an activating group) is 1. The molecular formula is C10H17BrN6O3S. The predicted octanol–water partition coefficient (Wildman–Crippen LogP) is -1.37. The number of aromatic nitrogens is 3. The van der Waals surface area contributed by atoms with Crippen LogP contribution < -0.4 is 5.32 Å². The molecule has 1 N–H and O–H groups in total. The van der Waals surface area contributed by atoms with Gasteiger partial charge >= 0.3 is 0 Å². The fourth-order valence-electron chi connectivity index (χ4n) is 2.19. The van der Waals surface area contributed by atoms with Gasteiger partial charge in [-0.1, -0.05) is 5.21 Å². The number of sulfonamides is 1. The Kier molecular flexibility index (Phi) is 4.66. The van der Waals surface area contributed by atoms with Gasteiger partial charge in [-0.2, -0.15) is 4.31 Å². The van der Waals surface area contributed by atoms with Crippen LogP contribution in [-0.4, -0.2) is 78.3 Å². The molecule has 1 fully saturated rings. The van der Waals surface area contributed by atoms with Crippen molar-refractivity contribution in [2.45, 2.75) is 11.1 Å². The highest BCUT2D eigenvalue weighted by Gasteiger charge is 2.41. The molecule has 1 aromatic rings. The molecule has 118 valence electrons. The van der Waals surface area contributed by atoms with Crippen molar-refractivity contribution in [2.75, 3.05) is 33.7 Å². The Labute approximate surface area is 131 Å². The number of halogens is 1. The van der Waals surface area contributed by atoms with Gasteiger partial charge in [0.1, 0.15) is 6.04 Å². The second-order valence-electron chi connectivity index (χ2n) is 4.88. The fourth-order valence-corrected chi connectivity index (χ4v) is 4.81. The summed E-state index contributed by atoms with van der Waals surface area (Å²) < 4.78 is 28.2. The number of piperazine rings is 1. The average molecular weight is 381 g/mol. The minimum atomic E-state index is -3.87. The molecule has 0 aromatic carbocycles. The molecule has 0 aliphatic carbocycles. The number of hydrogen-bond donors (Lipinski definition) is 1. The molecule has 11 heteroatoms. The second kappa shape index (κ2) is 5.99. The van der Waals surface area contributed by atoms with E-state index in [1.165, 1.54) is 20.9 Å². The van der Waals surface area contributed by atoms with E-state index in [0.29, 0.717) is 6.54 Å². The van der Waals surface area contributed by atoms with Crippen LogP contribution in [0.25, 0.3) is 0 Å². The summed E-state index contributed by atoms with van der Waals surface area (Å²) in [6.07, 6.45) is 0. The standard InChI is InChI=1S/C10H17BrN6O3S/c1-15(2)9(18)7-6-12-4-5-17(7)21(19,20)10-8(11)13-14-16(10)3/h7,12H,4-6H2,1-3H3. The van der Waals surface area contributed by atoms with Gasteiger partial charge in [-0.3, -0.25) is 4.79 Å². The minimum absolute atomic E-state index is 0.0547. The van der Waals surface area contributed by atoms with E-state index in [1.54, 1.807) is 14.1 Å². The number of hydrogen-bond acceptors (Lipinski definition) is 6. The molecule has 0 spiro atoms. The van der Waals surface area contributed by atoms with Crippen molar-refractivity contribution in [1.82, 2.24) is 29.5 Å². The summed E-state index contributed by atoms with van der Waals surface area (Å²) in [5.74, 6) is -0.267. The predicted molar refractivity (Wildman–Crippen MR) is 77.9 cm³/mol. The Morgan fingerprint density at radius 2 is 2.14 bits per heavy atom. The number of rotatable bonds is 3. The molecule has 1 aliphatic rings. The molecule has 0 bridgehead atoms. The molecule has 2 heterocycles. The number of nitrogens with one attached hydrogen (secondary N) is 1. The first-order chi connectivity index (χ1) is 9.76. The highest BCUT2D eigenvalue weighted by Crippen LogP contribution is 2.24. The Balaban J connectivity index is 2.44. The largest absolute Gasteiger partial charge is 0.347 e. The van der Waals surface area contributed by atoms with E-state index in [1.807, 2.05) is 0 Å². The Morgan fingerprint density at radius 3 is 2.67 bits per heavy atom. The van der Waals surface area contributed by atoms with E-state index in [9.17, 15) is 13.2 Å². The van der Waals surface area contributed by atoms with Gasteiger partial charge in [0.25, 0.3) is 10.0 Å².